The van der Waals surface area contributed by atoms with Crippen molar-refractivity contribution in [3.63, 3.8) is 0 Å². The van der Waals surface area contributed by atoms with E-state index < -0.39 is 71.2 Å². The van der Waals surface area contributed by atoms with Crippen LogP contribution in [0.1, 0.15) is 20.7 Å². The van der Waals surface area contributed by atoms with Gasteiger partial charge in [0.05, 0.1) is 18.2 Å². The van der Waals surface area contributed by atoms with Crippen molar-refractivity contribution in [2.24, 2.45) is 0 Å². The van der Waals surface area contributed by atoms with E-state index in [9.17, 15) is 52.8 Å². The van der Waals surface area contributed by atoms with Crippen molar-refractivity contribution in [3.05, 3.63) is 35.1 Å². The third-order valence-corrected chi connectivity index (χ3v) is 5.21. The lowest BCUT2D eigenvalue weighted by Crippen LogP contribution is -2.31. The summed E-state index contributed by atoms with van der Waals surface area (Å²) in [5.74, 6) is -6.63. The van der Waals surface area contributed by atoms with E-state index in [2.05, 4.69) is 13.1 Å². The molecular weight excluding hydrogens is 478 g/mol. The number of alkyl halides is 6. The molecule has 0 bridgehead atoms. The Morgan fingerprint density at radius 2 is 1.17 bits per heavy atom. The van der Waals surface area contributed by atoms with Gasteiger partial charge in [-0.1, -0.05) is 0 Å². The number of rotatable bonds is 5. The van der Waals surface area contributed by atoms with Crippen LogP contribution in [-0.2, 0) is 25.0 Å². The lowest BCUT2D eigenvalue weighted by molar-refractivity contribution is -0.0506. The molecule has 1 aliphatic rings. The third-order valence-electron chi connectivity index (χ3n) is 3.27. The van der Waals surface area contributed by atoms with Gasteiger partial charge in [0.1, 0.15) is 0 Å². The van der Waals surface area contributed by atoms with Crippen LogP contribution in [0, 0.1) is 0 Å². The van der Waals surface area contributed by atoms with Gasteiger partial charge in [-0.25, -0.2) is 0 Å². The zero-order valence-corrected chi connectivity index (χ0v) is 15.6. The number of carbonyl (C=O) groups is 2. The molecule has 30 heavy (non-hydrogen) atoms. The number of Topliss-reactive ketones (excluding diaryl/α,β-unsaturated/α-hetero) is 1. The molecule has 2 rings (SSSR count). The fourth-order valence-corrected chi connectivity index (χ4v) is 2.98. The SMILES string of the molecule is COC1=CC(=O)c2c(OS(=O)(=O)C(F)(F)F)ccc(OS(=O)(=O)C(F)(F)F)c2C1=O. The van der Waals surface area contributed by atoms with Crippen LogP contribution in [0.3, 0.4) is 0 Å². The van der Waals surface area contributed by atoms with E-state index in [0.29, 0.717) is 6.08 Å². The lowest BCUT2D eigenvalue weighted by Gasteiger charge is -2.20. The molecule has 0 spiro atoms. The fraction of sp³-hybridized carbons (Fsp3) is 0.231. The van der Waals surface area contributed by atoms with E-state index in [1.807, 2.05) is 0 Å². The molecular formula is C13H6F6O9S2. The van der Waals surface area contributed by atoms with Crippen molar-refractivity contribution in [3.8, 4) is 11.5 Å². The number of hydrogen-bond acceptors (Lipinski definition) is 9. The van der Waals surface area contributed by atoms with Crippen LogP contribution in [0.4, 0.5) is 26.3 Å². The summed E-state index contributed by atoms with van der Waals surface area (Å²) in [5, 5.41) is 0. The molecule has 0 N–H and O–H groups in total. The minimum absolute atomic E-state index is 0.202. The molecule has 9 nitrogen and oxygen atoms in total. The molecule has 0 saturated heterocycles. The Kier molecular flexibility index (Phi) is 5.59. The van der Waals surface area contributed by atoms with Crippen LogP contribution in [0.2, 0.25) is 0 Å². The molecule has 0 atom stereocenters. The average molecular weight is 484 g/mol. The third kappa shape index (κ3) is 4.07. The molecule has 0 heterocycles. The van der Waals surface area contributed by atoms with E-state index in [1.54, 1.807) is 0 Å². The minimum Gasteiger partial charge on any atom is -0.492 e. The lowest BCUT2D eigenvalue weighted by atomic mass is 9.92. The fourth-order valence-electron chi connectivity index (χ4n) is 2.04. The largest absolute Gasteiger partial charge is 0.534 e. The van der Waals surface area contributed by atoms with Crippen LogP contribution >= 0.6 is 0 Å². The monoisotopic (exact) mass is 484 g/mol. The Labute approximate surface area is 163 Å². The number of halogens is 6. The topological polar surface area (TPSA) is 130 Å². The highest BCUT2D eigenvalue weighted by atomic mass is 32.2. The Balaban J connectivity index is 2.76. The number of ketones is 2. The molecule has 17 heteroatoms. The summed E-state index contributed by atoms with van der Waals surface area (Å²) in [6, 6.07) is 0.410. The van der Waals surface area contributed by atoms with E-state index in [-0.39, 0.29) is 12.1 Å². The molecule has 1 aliphatic carbocycles. The van der Waals surface area contributed by atoms with Crippen molar-refractivity contribution < 1.29 is 65.9 Å². The molecule has 166 valence electrons. The Morgan fingerprint density at radius 1 is 0.767 bits per heavy atom. The van der Waals surface area contributed by atoms with Crippen molar-refractivity contribution in [1.82, 2.24) is 0 Å². The van der Waals surface area contributed by atoms with Crippen LogP contribution in [0.5, 0.6) is 11.5 Å². The maximum Gasteiger partial charge on any atom is 0.534 e. The van der Waals surface area contributed by atoms with Crippen LogP contribution in [-0.4, -0.2) is 46.5 Å². The van der Waals surface area contributed by atoms with E-state index in [0.717, 1.165) is 7.11 Å². The molecule has 0 unspecified atom stereocenters. The number of methoxy groups -OCH3 is 1. The van der Waals surface area contributed by atoms with Gasteiger partial charge in [0.2, 0.25) is 5.78 Å². The van der Waals surface area contributed by atoms with E-state index in [1.165, 1.54) is 0 Å². The van der Waals surface area contributed by atoms with E-state index >= 15 is 0 Å². The second-order valence-electron chi connectivity index (χ2n) is 5.18. The van der Waals surface area contributed by atoms with Crippen molar-refractivity contribution in [1.29, 1.82) is 0 Å². The smallest absolute Gasteiger partial charge is 0.492 e. The van der Waals surface area contributed by atoms with Gasteiger partial charge in [-0.3, -0.25) is 9.59 Å². The number of carbonyl (C=O) groups excluding carboxylic acids is 2. The summed E-state index contributed by atoms with van der Waals surface area (Å²) in [6.45, 7) is 0. The highest BCUT2D eigenvalue weighted by Gasteiger charge is 2.51. The summed E-state index contributed by atoms with van der Waals surface area (Å²) in [5.41, 5.74) is -14.6. The predicted molar refractivity (Wildman–Crippen MR) is 81.4 cm³/mol. The summed E-state index contributed by atoms with van der Waals surface area (Å²) < 4.78 is 132. The van der Waals surface area contributed by atoms with Crippen LogP contribution in [0.25, 0.3) is 0 Å². The molecule has 0 saturated carbocycles. The second-order valence-corrected chi connectivity index (χ2v) is 8.26. The second kappa shape index (κ2) is 7.15. The van der Waals surface area contributed by atoms with E-state index in [4.69, 9.17) is 0 Å². The van der Waals surface area contributed by atoms with Gasteiger partial charge in [0, 0.05) is 6.08 Å². The zero-order valence-electron chi connectivity index (χ0n) is 14.0. The maximum atomic E-state index is 12.6. The van der Waals surface area contributed by atoms with Crippen molar-refractivity contribution in [2.45, 2.75) is 11.0 Å². The summed E-state index contributed by atoms with van der Waals surface area (Å²) in [4.78, 5) is 24.5. The molecule has 0 amide bonds. The Morgan fingerprint density at radius 3 is 1.53 bits per heavy atom. The van der Waals surface area contributed by atoms with Gasteiger partial charge in [-0.05, 0) is 12.1 Å². The summed E-state index contributed by atoms with van der Waals surface area (Å²) >= 11 is 0. The van der Waals surface area contributed by atoms with Gasteiger partial charge in [0.25, 0.3) is 0 Å². The van der Waals surface area contributed by atoms with Gasteiger partial charge in [-0.2, -0.15) is 43.2 Å². The number of ether oxygens (including phenoxy) is 1. The first-order valence-electron chi connectivity index (χ1n) is 6.96. The normalized spacial score (nSPS) is 15.4. The van der Waals surface area contributed by atoms with Crippen molar-refractivity contribution in [2.75, 3.05) is 7.11 Å². The standard InChI is InChI=1S/C13H6F6O9S2/c1-26-8-4-5(20)9-6(27-29(22,23)12(14,15)16)2-3-7(10(9)11(8)21)28-30(24,25)13(17,18)19/h2-4H,1H3. The first-order chi connectivity index (χ1) is 13.4. The number of benzene rings is 1. The predicted octanol–water partition coefficient (Wildman–Crippen LogP) is 2.05. The van der Waals surface area contributed by atoms with Gasteiger partial charge < -0.3 is 13.1 Å². The maximum absolute atomic E-state index is 12.6. The van der Waals surface area contributed by atoms with Gasteiger partial charge in [0.15, 0.2) is 23.0 Å². The zero-order chi connectivity index (χ0) is 23.3. The first kappa shape index (κ1) is 23.5. The average Bonchev–Trinajstić information content (AvgIpc) is 2.56. The molecule has 0 radical (unpaired) electrons. The molecule has 0 fully saturated rings. The van der Waals surface area contributed by atoms with Crippen LogP contribution in [0.15, 0.2) is 24.0 Å². The summed E-state index contributed by atoms with van der Waals surface area (Å²) in [7, 11) is -11.9. The first-order valence-corrected chi connectivity index (χ1v) is 9.78. The molecule has 1 aromatic rings. The Hall–Kier alpha value is -2.82. The Bertz CT molecular complexity index is 1160. The molecule has 0 aromatic heterocycles. The molecule has 1 aromatic carbocycles. The van der Waals surface area contributed by atoms with Gasteiger partial charge >= 0.3 is 31.3 Å². The highest BCUT2D eigenvalue weighted by Crippen LogP contribution is 2.40. The number of hydrogen-bond donors (Lipinski definition) is 0. The number of allylic oxidation sites excluding steroid dienone is 2. The molecule has 0 aliphatic heterocycles. The highest BCUT2D eigenvalue weighted by molar-refractivity contribution is 7.88. The van der Waals surface area contributed by atoms with Gasteiger partial charge in [-0.15, -0.1) is 0 Å². The number of fused-ring (bicyclic) bond motifs is 1. The summed E-state index contributed by atoms with van der Waals surface area (Å²) in [6.07, 6.45) is 0.375. The van der Waals surface area contributed by atoms with Crippen molar-refractivity contribution >= 4 is 31.8 Å². The minimum atomic E-state index is -6.38. The van der Waals surface area contributed by atoms with Crippen LogP contribution < -0.4 is 8.37 Å². The quantitative estimate of drug-likeness (QED) is 0.350.